The monoisotopic (exact) mass is 257 g/mol. The van der Waals surface area contributed by atoms with Gasteiger partial charge in [0, 0.05) is 19.6 Å². The predicted molar refractivity (Wildman–Crippen MR) is 79.0 cm³/mol. The van der Waals surface area contributed by atoms with Crippen molar-refractivity contribution in [1.82, 2.24) is 10.6 Å². The molecule has 0 aromatic carbocycles. The highest BCUT2D eigenvalue weighted by molar-refractivity contribution is 7.98. The van der Waals surface area contributed by atoms with Gasteiger partial charge in [-0.15, -0.1) is 0 Å². The molecule has 0 spiro atoms. The number of nitrogens with zero attached hydrogens (tertiary/aromatic N) is 1. The minimum absolute atomic E-state index is 0.640. The summed E-state index contributed by atoms with van der Waals surface area (Å²) < 4.78 is 0. The van der Waals surface area contributed by atoms with Crippen molar-refractivity contribution in [3.05, 3.63) is 0 Å². The number of aliphatic imine (C=N–C) groups is 1. The van der Waals surface area contributed by atoms with E-state index in [1.54, 1.807) is 0 Å². The lowest BCUT2D eigenvalue weighted by Gasteiger charge is -2.24. The highest BCUT2D eigenvalue weighted by Gasteiger charge is 2.13. The molecule has 3 nitrogen and oxygen atoms in total. The Morgan fingerprint density at radius 1 is 1.24 bits per heavy atom. The van der Waals surface area contributed by atoms with Crippen molar-refractivity contribution in [3.8, 4) is 0 Å². The fraction of sp³-hybridized carbons (Fsp3) is 0.923. The van der Waals surface area contributed by atoms with Crippen molar-refractivity contribution in [1.29, 1.82) is 0 Å². The molecule has 0 aliphatic heterocycles. The molecule has 17 heavy (non-hydrogen) atoms. The molecule has 1 aliphatic rings. The largest absolute Gasteiger partial charge is 0.356 e. The quantitative estimate of drug-likeness (QED) is 0.436. The molecule has 0 aromatic heterocycles. The van der Waals surface area contributed by atoms with E-state index in [1.165, 1.54) is 50.7 Å². The smallest absolute Gasteiger partial charge is 0.191 e. The minimum atomic E-state index is 0.640. The fourth-order valence-corrected chi connectivity index (χ4v) is 2.71. The molecule has 0 saturated heterocycles. The van der Waals surface area contributed by atoms with Gasteiger partial charge in [-0.2, -0.15) is 11.8 Å². The second-order valence-corrected chi connectivity index (χ2v) is 5.66. The van der Waals surface area contributed by atoms with Crippen LogP contribution in [0.1, 0.15) is 44.9 Å². The van der Waals surface area contributed by atoms with Crippen LogP contribution < -0.4 is 10.6 Å². The first-order chi connectivity index (χ1) is 8.36. The zero-order valence-electron chi connectivity index (χ0n) is 11.3. The third-order valence-electron chi connectivity index (χ3n) is 3.24. The number of guanidine groups is 1. The Balaban J connectivity index is 2.10. The normalized spacial score (nSPS) is 18.1. The average molecular weight is 257 g/mol. The van der Waals surface area contributed by atoms with E-state index in [-0.39, 0.29) is 0 Å². The van der Waals surface area contributed by atoms with Crippen molar-refractivity contribution < 1.29 is 0 Å². The summed E-state index contributed by atoms with van der Waals surface area (Å²) >= 11 is 1.92. The fourth-order valence-electron chi connectivity index (χ4n) is 2.21. The topological polar surface area (TPSA) is 36.4 Å². The van der Waals surface area contributed by atoms with Gasteiger partial charge in [-0.1, -0.05) is 19.3 Å². The Hall–Kier alpha value is -0.380. The van der Waals surface area contributed by atoms with Crippen molar-refractivity contribution in [2.45, 2.75) is 51.0 Å². The average Bonchev–Trinajstić information content (AvgIpc) is 2.38. The molecule has 0 unspecified atom stereocenters. The Kier molecular flexibility index (Phi) is 8.32. The Morgan fingerprint density at radius 2 is 2.00 bits per heavy atom. The zero-order valence-corrected chi connectivity index (χ0v) is 12.1. The molecule has 100 valence electrons. The summed E-state index contributed by atoms with van der Waals surface area (Å²) in [5, 5.41) is 6.94. The van der Waals surface area contributed by atoms with Crippen LogP contribution in [0.5, 0.6) is 0 Å². The van der Waals surface area contributed by atoms with Crippen LogP contribution in [0.15, 0.2) is 4.99 Å². The van der Waals surface area contributed by atoms with Crippen LogP contribution in [0.4, 0.5) is 0 Å². The standard InChI is InChI=1S/C13H27N3S/c1-14-13(15-10-6-7-11-17-2)16-12-8-4-3-5-9-12/h12H,3-11H2,1-2H3,(H2,14,15,16). The molecule has 1 aliphatic carbocycles. The second kappa shape index (κ2) is 9.63. The number of nitrogens with one attached hydrogen (secondary N) is 2. The van der Waals surface area contributed by atoms with Gasteiger partial charge in [0.1, 0.15) is 0 Å². The van der Waals surface area contributed by atoms with Gasteiger partial charge in [-0.3, -0.25) is 4.99 Å². The van der Waals surface area contributed by atoms with Crippen molar-refractivity contribution in [3.63, 3.8) is 0 Å². The third-order valence-corrected chi connectivity index (χ3v) is 3.93. The molecular formula is C13H27N3S. The van der Waals surface area contributed by atoms with Crippen LogP contribution >= 0.6 is 11.8 Å². The molecule has 2 N–H and O–H groups in total. The lowest BCUT2D eigenvalue weighted by atomic mass is 9.96. The molecule has 0 heterocycles. The van der Waals surface area contributed by atoms with Crippen LogP contribution in [-0.4, -0.2) is 37.6 Å². The zero-order chi connectivity index (χ0) is 12.3. The van der Waals surface area contributed by atoms with Crippen molar-refractivity contribution in [2.75, 3.05) is 25.6 Å². The maximum atomic E-state index is 4.29. The van der Waals surface area contributed by atoms with Crippen LogP contribution in [0.25, 0.3) is 0 Å². The second-order valence-electron chi connectivity index (χ2n) is 4.68. The molecule has 1 saturated carbocycles. The van der Waals surface area contributed by atoms with Gasteiger partial charge in [-0.05, 0) is 37.7 Å². The Labute approximate surface area is 110 Å². The molecule has 1 rings (SSSR count). The van der Waals surface area contributed by atoms with Gasteiger partial charge < -0.3 is 10.6 Å². The molecule has 0 amide bonds. The summed E-state index contributed by atoms with van der Waals surface area (Å²) in [6, 6.07) is 0.640. The van der Waals surface area contributed by atoms with Crippen LogP contribution in [0.2, 0.25) is 0 Å². The van der Waals surface area contributed by atoms with Gasteiger partial charge in [0.15, 0.2) is 5.96 Å². The molecule has 0 atom stereocenters. The molecule has 0 bridgehead atoms. The maximum Gasteiger partial charge on any atom is 0.191 e. The van der Waals surface area contributed by atoms with E-state index in [4.69, 9.17) is 0 Å². The summed E-state index contributed by atoms with van der Waals surface area (Å²) in [5.41, 5.74) is 0. The van der Waals surface area contributed by atoms with E-state index in [0.29, 0.717) is 6.04 Å². The van der Waals surface area contributed by atoms with Gasteiger partial charge >= 0.3 is 0 Å². The van der Waals surface area contributed by atoms with Crippen LogP contribution in [0, 0.1) is 0 Å². The lowest BCUT2D eigenvalue weighted by Crippen LogP contribution is -2.44. The van der Waals surface area contributed by atoms with E-state index in [2.05, 4.69) is 21.9 Å². The summed E-state index contributed by atoms with van der Waals surface area (Å²) in [7, 11) is 1.86. The van der Waals surface area contributed by atoms with Crippen molar-refractivity contribution in [2.24, 2.45) is 4.99 Å². The SMILES string of the molecule is CN=C(NCCCCSC)NC1CCCCC1. The molecule has 0 radical (unpaired) electrons. The molecule has 0 aromatic rings. The number of unbranched alkanes of at least 4 members (excludes halogenated alkanes) is 1. The summed E-state index contributed by atoms with van der Waals surface area (Å²) in [6.07, 6.45) is 11.4. The summed E-state index contributed by atoms with van der Waals surface area (Å²) in [5.74, 6) is 2.25. The first-order valence-electron chi connectivity index (χ1n) is 6.83. The van der Waals surface area contributed by atoms with Gasteiger partial charge in [-0.25, -0.2) is 0 Å². The highest BCUT2D eigenvalue weighted by atomic mass is 32.2. The summed E-state index contributed by atoms with van der Waals surface area (Å²) in [6.45, 7) is 1.03. The summed E-state index contributed by atoms with van der Waals surface area (Å²) in [4.78, 5) is 4.29. The number of hydrogen-bond acceptors (Lipinski definition) is 2. The number of thioether (sulfide) groups is 1. The van der Waals surface area contributed by atoms with Crippen LogP contribution in [-0.2, 0) is 0 Å². The minimum Gasteiger partial charge on any atom is -0.356 e. The number of hydrogen-bond donors (Lipinski definition) is 2. The Morgan fingerprint density at radius 3 is 2.65 bits per heavy atom. The van der Waals surface area contributed by atoms with E-state index >= 15 is 0 Å². The molecular weight excluding hydrogens is 230 g/mol. The third kappa shape index (κ3) is 6.81. The van der Waals surface area contributed by atoms with Crippen molar-refractivity contribution >= 4 is 17.7 Å². The lowest BCUT2D eigenvalue weighted by molar-refractivity contribution is 0.410. The van der Waals surface area contributed by atoms with E-state index in [9.17, 15) is 0 Å². The van der Waals surface area contributed by atoms with E-state index in [1.807, 2.05) is 18.8 Å². The first-order valence-corrected chi connectivity index (χ1v) is 8.22. The molecule has 4 heteroatoms. The van der Waals surface area contributed by atoms with Gasteiger partial charge in [0.05, 0.1) is 0 Å². The first kappa shape index (κ1) is 14.7. The number of rotatable bonds is 6. The van der Waals surface area contributed by atoms with Crippen LogP contribution in [0.3, 0.4) is 0 Å². The van der Waals surface area contributed by atoms with E-state index in [0.717, 1.165) is 12.5 Å². The highest BCUT2D eigenvalue weighted by Crippen LogP contribution is 2.17. The Bertz CT molecular complexity index is 213. The van der Waals surface area contributed by atoms with Gasteiger partial charge in [0.25, 0.3) is 0 Å². The van der Waals surface area contributed by atoms with E-state index < -0.39 is 0 Å². The van der Waals surface area contributed by atoms with Gasteiger partial charge in [0.2, 0.25) is 0 Å². The maximum absolute atomic E-state index is 4.29. The predicted octanol–water partition coefficient (Wildman–Crippen LogP) is 2.63. The molecule has 1 fully saturated rings.